The summed E-state index contributed by atoms with van der Waals surface area (Å²) in [7, 11) is 1.62. The molecule has 0 aliphatic carbocycles. The molecule has 34 valence electrons. The number of hydrogen-bond donors (Lipinski definition) is 2. The van der Waals surface area contributed by atoms with E-state index < -0.39 is 0 Å². The molecule has 6 heavy (non-hydrogen) atoms. The van der Waals surface area contributed by atoms with Gasteiger partial charge < -0.3 is 4.90 Å². The normalized spacial score (nSPS) is 6.83. The van der Waals surface area contributed by atoms with E-state index in [-0.39, 0.29) is 0 Å². The molecule has 0 saturated heterocycles. The van der Waals surface area contributed by atoms with Crippen molar-refractivity contribution >= 4 is 12.7 Å². The van der Waals surface area contributed by atoms with Gasteiger partial charge in [-0.25, -0.2) is 0 Å². The summed E-state index contributed by atoms with van der Waals surface area (Å²) in [5, 5.41) is 12.9. The number of hydrogen-bond acceptors (Lipinski definition) is 2. The summed E-state index contributed by atoms with van der Waals surface area (Å²) in [5.41, 5.74) is 0. The van der Waals surface area contributed by atoms with Crippen LogP contribution in [0.25, 0.3) is 0 Å². The van der Waals surface area contributed by atoms with E-state index in [9.17, 15) is 0 Å². The van der Waals surface area contributed by atoms with Gasteiger partial charge in [-0.3, -0.25) is 10.8 Å². The second kappa shape index (κ2) is 2.38. The van der Waals surface area contributed by atoms with Gasteiger partial charge in [-0.05, 0) is 0 Å². The molecule has 0 rings (SSSR count). The molecule has 0 aromatic heterocycles. The smallest absolute Gasteiger partial charge is 0.0865 e. The fraction of sp³-hybridized carbons (Fsp3) is 0.333. The monoisotopic (exact) mass is 85.1 g/mol. The third-order valence-electron chi connectivity index (χ3n) is 0.407. The summed E-state index contributed by atoms with van der Waals surface area (Å²) in [4.78, 5) is 1.33. The van der Waals surface area contributed by atoms with Crippen LogP contribution >= 0.6 is 0 Å². The van der Waals surface area contributed by atoms with E-state index in [1.165, 1.54) is 4.90 Å². The number of nitrogens with zero attached hydrogens (tertiary/aromatic N) is 1. The standard InChI is InChI=1S/C3H7N3/c1-6(2-4)3-5/h2-5H,1H3. The molecule has 0 saturated carbocycles. The first kappa shape index (κ1) is 5.14. The predicted molar refractivity (Wildman–Crippen MR) is 25.3 cm³/mol. The third kappa shape index (κ3) is 1.46. The van der Waals surface area contributed by atoms with Crippen molar-refractivity contribution in [3.8, 4) is 0 Å². The van der Waals surface area contributed by atoms with Crippen molar-refractivity contribution < 1.29 is 0 Å². The Morgan fingerprint density at radius 3 is 1.67 bits per heavy atom. The Labute approximate surface area is 36.6 Å². The second-order valence-corrected chi connectivity index (χ2v) is 0.924. The number of rotatable bonds is 2. The largest absolute Gasteiger partial charge is 0.327 e. The summed E-state index contributed by atoms with van der Waals surface area (Å²) < 4.78 is 0. The van der Waals surface area contributed by atoms with Crippen molar-refractivity contribution in [2.24, 2.45) is 0 Å². The van der Waals surface area contributed by atoms with Gasteiger partial charge in [0.2, 0.25) is 0 Å². The molecule has 2 N–H and O–H groups in total. The van der Waals surface area contributed by atoms with E-state index in [4.69, 9.17) is 10.8 Å². The van der Waals surface area contributed by atoms with Crippen LogP contribution in [0.15, 0.2) is 0 Å². The van der Waals surface area contributed by atoms with Crippen LogP contribution in [0, 0.1) is 10.8 Å². The first-order valence-corrected chi connectivity index (χ1v) is 1.54. The van der Waals surface area contributed by atoms with Gasteiger partial charge in [0.15, 0.2) is 0 Å². The molecule has 0 amide bonds. The van der Waals surface area contributed by atoms with E-state index in [2.05, 4.69) is 0 Å². The molecule has 0 aromatic rings. The third-order valence-corrected chi connectivity index (χ3v) is 0.407. The topological polar surface area (TPSA) is 50.9 Å². The first-order valence-electron chi connectivity index (χ1n) is 1.54. The molecule has 0 fully saturated rings. The van der Waals surface area contributed by atoms with Gasteiger partial charge in [0.05, 0.1) is 12.7 Å². The average Bonchev–Trinajstić information content (AvgIpc) is 1.65. The summed E-state index contributed by atoms with van der Waals surface area (Å²) in [5.74, 6) is 0. The summed E-state index contributed by atoms with van der Waals surface area (Å²) in [6.07, 6.45) is 2.12. The fourth-order valence-electron chi connectivity index (χ4n) is 0.0373. The fourth-order valence-corrected chi connectivity index (χ4v) is 0.0373. The van der Waals surface area contributed by atoms with Crippen molar-refractivity contribution in [2.75, 3.05) is 7.05 Å². The average molecular weight is 85.1 g/mol. The molecule has 0 aliphatic rings. The quantitative estimate of drug-likeness (QED) is 0.363. The van der Waals surface area contributed by atoms with Crippen molar-refractivity contribution in [3.63, 3.8) is 0 Å². The lowest BCUT2D eigenvalue weighted by molar-refractivity contribution is 0.790. The Hall–Kier alpha value is -0.860. The molecule has 0 bridgehead atoms. The molecule has 0 aromatic carbocycles. The molecule has 0 unspecified atom stereocenters. The molecule has 3 heteroatoms. The number of nitrogens with one attached hydrogen (secondary N) is 2. The van der Waals surface area contributed by atoms with Crippen LogP contribution in [-0.4, -0.2) is 24.6 Å². The molecule has 0 heterocycles. The van der Waals surface area contributed by atoms with Crippen LogP contribution in [0.2, 0.25) is 0 Å². The van der Waals surface area contributed by atoms with E-state index in [0.29, 0.717) is 0 Å². The van der Waals surface area contributed by atoms with Gasteiger partial charge in [-0.15, -0.1) is 0 Å². The molecule has 0 aliphatic heterocycles. The van der Waals surface area contributed by atoms with E-state index in [1.54, 1.807) is 7.05 Å². The van der Waals surface area contributed by atoms with Crippen LogP contribution in [0.3, 0.4) is 0 Å². The molecular formula is C3H7N3. The minimum Gasteiger partial charge on any atom is -0.327 e. The maximum Gasteiger partial charge on any atom is 0.0865 e. The van der Waals surface area contributed by atoms with E-state index in [0.717, 1.165) is 12.7 Å². The summed E-state index contributed by atoms with van der Waals surface area (Å²) >= 11 is 0. The van der Waals surface area contributed by atoms with E-state index in [1.807, 2.05) is 0 Å². The zero-order chi connectivity index (χ0) is 4.99. The first-order chi connectivity index (χ1) is 2.81. The highest BCUT2D eigenvalue weighted by Gasteiger charge is 1.72. The van der Waals surface area contributed by atoms with Crippen LogP contribution in [0.1, 0.15) is 0 Å². The minimum atomic E-state index is 1.06. The van der Waals surface area contributed by atoms with Gasteiger partial charge >= 0.3 is 0 Å². The Balaban J connectivity index is 3.21. The zero-order valence-corrected chi connectivity index (χ0v) is 3.60. The Morgan fingerprint density at radius 2 is 1.67 bits per heavy atom. The Kier molecular flexibility index (Phi) is 2.04. The zero-order valence-electron chi connectivity index (χ0n) is 3.60. The highest BCUT2D eigenvalue weighted by Crippen LogP contribution is 1.57. The molecular weight excluding hydrogens is 78.1 g/mol. The summed E-state index contributed by atoms with van der Waals surface area (Å²) in [6.45, 7) is 0. The van der Waals surface area contributed by atoms with Crippen LogP contribution < -0.4 is 0 Å². The van der Waals surface area contributed by atoms with Gasteiger partial charge in [0.25, 0.3) is 0 Å². The predicted octanol–water partition coefficient (Wildman–Crippen LogP) is 0.132. The van der Waals surface area contributed by atoms with Crippen molar-refractivity contribution in [2.45, 2.75) is 0 Å². The molecule has 0 spiro atoms. The van der Waals surface area contributed by atoms with Crippen LogP contribution in [0.5, 0.6) is 0 Å². The Bertz CT molecular complexity index is 51.1. The maximum absolute atomic E-state index is 6.46. The Morgan fingerprint density at radius 1 is 1.33 bits per heavy atom. The maximum atomic E-state index is 6.46. The van der Waals surface area contributed by atoms with E-state index >= 15 is 0 Å². The van der Waals surface area contributed by atoms with Crippen LogP contribution in [-0.2, 0) is 0 Å². The van der Waals surface area contributed by atoms with Crippen molar-refractivity contribution in [1.29, 1.82) is 10.8 Å². The molecule has 3 nitrogen and oxygen atoms in total. The van der Waals surface area contributed by atoms with Crippen molar-refractivity contribution in [3.05, 3.63) is 0 Å². The van der Waals surface area contributed by atoms with Gasteiger partial charge in [0.1, 0.15) is 0 Å². The van der Waals surface area contributed by atoms with Crippen molar-refractivity contribution in [1.82, 2.24) is 4.90 Å². The lowest BCUT2D eigenvalue weighted by atomic mass is 10.9. The highest BCUT2D eigenvalue weighted by atomic mass is 15.1. The SMILES string of the molecule is CN(C=N)C=N. The lowest BCUT2D eigenvalue weighted by Crippen LogP contribution is -2.10. The molecule has 0 radical (unpaired) electrons. The second-order valence-electron chi connectivity index (χ2n) is 0.924. The van der Waals surface area contributed by atoms with Gasteiger partial charge in [-0.1, -0.05) is 0 Å². The molecule has 0 atom stereocenters. The minimum absolute atomic E-state index is 1.06. The summed E-state index contributed by atoms with van der Waals surface area (Å²) in [6, 6.07) is 0. The lowest BCUT2D eigenvalue weighted by Gasteiger charge is -1.97. The highest BCUT2D eigenvalue weighted by molar-refractivity contribution is 5.70. The van der Waals surface area contributed by atoms with Gasteiger partial charge in [0, 0.05) is 7.05 Å². The van der Waals surface area contributed by atoms with Crippen LogP contribution in [0.4, 0.5) is 0 Å². The van der Waals surface area contributed by atoms with Gasteiger partial charge in [-0.2, -0.15) is 0 Å².